The third-order valence-corrected chi connectivity index (χ3v) is 4.25. The van der Waals surface area contributed by atoms with Crippen molar-refractivity contribution >= 4 is 29.9 Å². The van der Waals surface area contributed by atoms with Crippen molar-refractivity contribution in [3.63, 3.8) is 0 Å². The lowest BCUT2D eigenvalue weighted by Gasteiger charge is -2.22. The third kappa shape index (κ3) is 7.17. The summed E-state index contributed by atoms with van der Waals surface area (Å²) in [5.74, 6) is 1.75. The van der Waals surface area contributed by atoms with Crippen LogP contribution in [0.3, 0.4) is 0 Å². The van der Waals surface area contributed by atoms with Gasteiger partial charge in [0, 0.05) is 25.7 Å². The minimum Gasteiger partial charge on any atom is -0.378 e. The molecule has 0 bridgehead atoms. The van der Waals surface area contributed by atoms with Crippen LogP contribution in [0.15, 0.2) is 4.99 Å². The Morgan fingerprint density at radius 3 is 2.48 bits per heavy atom. The third-order valence-electron chi connectivity index (χ3n) is 4.25. The molecule has 21 heavy (non-hydrogen) atoms. The summed E-state index contributed by atoms with van der Waals surface area (Å²) in [6, 6.07) is 0.658. The number of rotatable bonds is 8. The first-order valence-corrected chi connectivity index (χ1v) is 8.50. The van der Waals surface area contributed by atoms with Crippen molar-refractivity contribution in [1.29, 1.82) is 0 Å². The highest BCUT2D eigenvalue weighted by atomic mass is 127. The smallest absolute Gasteiger partial charge is 0.191 e. The minimum absolute atomic E-state index is 0. The number of nitrogens with one attached hydrogen (secondary N) is 2. The number of halogens is 1. The molecule has 2 saturated carbocycles. The van der Waals surface area contributed by atoms with Crippen molar-refractivity contribution in [2.75, 3.05) is 19.7 Å². The first-order valence-electron chi connectivity index (χ1n) is 8.50. The first-order chi connectivity index (χ1) is 9.83. The van der Waals surface area contributed by atoms with Gasteiger partial charge in [0.1, 0.15) is 0 Å². The molecule has 1 unspecified atom stereocenters. The summed E-state index contributed by atoms with van der Waals surface area (Å²) in [6.45, 7) is 6.83. The van der Waals surface area contributed by atoms with Crippen LogP contribution in [0.4, 0.5) is 0 Å². The number of hydrogen-bond acceptors (Lipinski definition) is 2. The Balaban J connectivity index is 0.00000220. The molecular weight excluding hydrogens is 377 g/mol. The van der Waals surface area contributed by atoms with E-state index >= 15 is 0 Å². The molecule has 2 rings (SSSR count). The molecule has 0 saturated heterocycles. The van der Waals surface area contributed by atoms with Gasteiger partial charge in [0.2, 0.25) is 0 Å². The SMILES string of the molecule is CCNC(=NCCC(OCC)C1CCCC1)NC1CC1.I. The molecule has 1 atom stereocenters. The Bertz CT molecular complexity index is 302. The van der Waals surface area contributed by atoms with E-state index in [-0.39, 0.29) is 24.0 Å². The van der Waals surface area contributed by atoms with Crippen molar-refractivity contribution in [2.45, 2.75) is 70.9 Å². The maximum Gasteiger partial charge on any atom is 0.191 e. The average Bonchev–Trinajstić information content (AvgIpc) is 3.08. The Hall–Kier alpha value is -0.0400. The van der Waals surface area contributed by atoms with E-state index in [0.29, 0.717) is 12.1 Å². The second-order valence-electron chi connectivity index (χ2n) is 6.01. The van der Waals surface area contributed by atoms with Gasteiger partial charge in [-0.15, -0.1) is 24.0 Å². The van der Waals surface area contributed by atoms with Crippen LogP contribution in [-0.2, 0) is 4.74 Å². The second kappa shape index (κ2) is 10.6. The predicted molar refractivity (Wildman–Crippen MR) is 99.5 cm³/mol. The molecule has 0 heterocycles. The van der Waals surface area contributed by atoms with Crippen molar-refractivity contribution in [2.24, 2.45) is 10.9 Å². The summed E-state index contributed by atoms with van der Waals surface area (Å²) in [4.78, 5) is 4.70. The maximum absolute atomic E-state index is 5.95. The van der Waals surface area contributed by atoms with Gasteiger partial charge in [0.15, 0.2) is 5.96 Å². The monoisotopic (exact) mass is 409 g/mol. The molecule has 0 aromatic heterocycles. The second-order valence-corrected chi connectivity index (χ2v) is 6.01. The standard InChI is InChI=1S/C16H31N3O.HI/c1-3-17-16(19-14-9-10-14)18-12-11-15(20-4-2)13-7-5-6-8-13;/h13-15H,3-12H2,1-2H3,(H2,17,18,19);1H. The lowest BCUT2D eigenvalue weighted by atomic mass is 9.98. The minimum atomic E-state index is 0. The Kier molecular flexibility index (Phi) is 9.64. The van der Waals surface area contributed by atoms with E-state index in [9.17, 15) is 0 Å². The van der Waals surface area contributed by atoms with E-state index in [0.717, 1.165) is 38.0 Å². The van der Waals surface area contributed by atoms with Crippen molar-refractivity contribution in [3.05, 3.63) is 0 Å². The van der Waals surface area contributed by atoms with E-state index in [1.54, 1.807) is 0 Å². The number of aliphatic imine (C=N–C) groups is 1. The lowest BCUT2D eigenvalue weighted by Crippen LogP contribution is -2.38. The van der Waals surface area contributed by atoms with Crippen LogP contribution in [0, 0.1) is 5.92 Å². The van der Waals surface area contributed by atoms with Gasteiger partial charge in [-0.2, -0.15) is 0 Å². The van der Waals surface area contributed by atoms with Crippen LogP contribution in [0.1, 0.15) is 58.8 Å². The van der Waals surface area contributed by atoms with Crippen LogP contribution in [0.5, 0.6) is 0 Å². The average molecular weight is 409 g/mol. The summed E-state index contributed by atoms with van der Waals surface area (Å²) < 4.78 is 5.95. The van der Waals surface area contributed by atoms with E-state index < -0.39 is 0 Å². The molecule has 0 aliphatic heterocycles. The van der Waals surface area contributed by atoms with E-state index in [4.69, 9.17) is 9.73 Å². The molecular formula is C16H32IN3O. The van der Waals surface area contributed by atoms with Gasteiger partial charge >= 0.3 is 0 Å². The quantitative estimate of drug-likeness (QED) is 0.367. The zero-order valence-electron chi connectivity index (χ0n) is 13.6. The lowest BCUT2D eigenvalue weighted by molar-refractivity contribution is 0.0177. The van der Waals surface area contributed by atoms with Crippen molar-refractivity contribution in [1.82, 2.24) is 10.6 Å². The largest absolute Gasteiger partial charge is 0.378 e. The van der Waals surface area contributed by atoms with Gasteiger partial charge in [0.25, 0.3) is 0 Å². The molecule has 2 aliphatic rings. The van der Waals surface area contributed by atoms with Crippen LogP contribution in [0.2, 0.25) is 0 Å². The van der Waals surface area contributed by atoms with Gasteiger partial charge in [0.05, 0.1) is 6.10 Å². The van der Waals surface area contributed by atoms with Crippen LogP contribution in [-0.4, -0.2) is 37.8 Å². The van der Waals surface area contributed by atoms with E-state index in [1.807, 2.05) is 0 Å². The van der Waals surface area contributed by atoms with Gasteiger partial charge in [-0.3, -0.25) is 4.99 Å². The molecule has 124 valence electrons. The first kappa shape index (κ1) is 19.0. The van der Waals surface area contributed by atoms with E-state index in [1.165, 1.54) is 38.5 Å². The Morgan fingerprint density at radius 2 is 1.90 bits per heavy atom. The highest BCUT2D eigenvalue weighted by molar-refractivity contribution is 14.0. The van der Waals surface area contributed by atoms with Gasteiger partial charge in [-0.05, 0) is 51.9 Å². The zero-order valence-corrected chi connectivity index (χ0v) is 15.9. The number of ether oxygens (including phenoxy) is 1. The summed E-state index contributed by atoms with van der Waals surface area (Å²) in [5.41, 5.74) is 0. The summed E-state index contributed by atoms with van der Waals surface area (Å²) >= 11 is 0. The molecule has 0 aromatic carbocycles. The molecule has 0 radical (unpaired) electrons. The summed E-state index contributed by atoms with van der Waals surface area (Å²) in [7, 11) is 0. The fourth-order valence-corrected chi connectivity index (χ4v) is 3.04. The van der Waals surface area contributed by atoms with Gasteiger partial charge < -0.3 is 15.4 Å². The molecule has 4 nitrogen and oxygen atoms in total. The topological polar surface area (TPSA) is 45.7 Å². The summed E-state index contributed by atoms with van der Waals surface area (Å²) in [5, 5.41) is 6.79. The zero-order chi connectivity index (χ0) is 14.2. The number of guanidine groups is 1. The molecule has 0 spiro atoms. The highest BCUT2D eigenvalue weighted by Gasteiger charge is 2.25. The Labute approximate surface area is 146 Å². The predicted octanol–water partition coefficient (Wildman–Crippen LogP) is 3.31. The van der Waals surface area contributed by atoms with Gasteiger partial charge in [-0.25, -0.2) is 0 Å². The van der Waals surface area contributed by atoms with Crippen molar-refractivity contribution < 1.29 is 4.74 Å². The van der Waals surface area contributed by atoms with Gasteiger partial charge in [-0.1, -0.05) is 12.8 Å². The molecule has 5 heteroatoms. The molecule has 2 N–H and O–H groups in total. The fourth-order valence-electron chi connectivity index (χ4n) is 3.04. The summed E-state index contributed by atoms with van der Waals surface area (Å²) in [6.07, 6.45) is 9.48. The number of hydrogen-bond donors (Lipinski definition) is 2. The van der Waals surface area contributed by atoms with E-state index in [2.05, 4.69) is 24.5 Å². The normalized spacial score (nSPS) is 21.0. The molecule has 2 aliphatic carbocycles. The molecule has 0 amide bonds. The maximum atomic E-state index is 5.95. The van der Waals surface area contributed by atoms with Crippen LogP contribution < -0.4 is 10.6 Å². The van der Waals surface area contributed by atoms with Crippen LogP contribution in [0.25, 0.3) is 0 Å². The molecule has 2 fully saturated rings. The van der Waals surface area contributed by atoms with Crippen molar-refractivity contribution in [3.8, 4) is 0 Å². The fraction of sp³-hybridized carbons (Fsp3) is 0.938. The number of nitrogens with zero attached hydrogens (tertiary/aromatic N) is 1. The van der Waals surface area contributed by atoms with Crippen LogP contribution >= 0.6 is 24.0 Å². The molecule has 0 aromatic rings. The Morgan fingerprint density at radius 1 is 1.19 bits per heavy atom. The highest BCUT2D eigenvalue weighted by Crippen LogP contribution is 2.30.